The molecule has 6 nitrogen and oxygen atoms in total. The first kappa shape index (κ1) is 19.7. The number of aromatic nitrogens is 3. The van der Waals surface area contributed by atoms with Gasteiger partial charge in [0.25, 0.3) is 0 Å². The second-order valence-electron chi connectivity index (χ2n) is 7.57. The standard InChI is InChI=1S/C24H23N5OS/c31-24(25-19-5-2-1-3-6-19)26-20-10-8-18(9-11-20)23-27-22(17-12-15-30-16-13-17)21-7-4-14-29(21)28-23/h1-11,14,17H,12-13,15-16H2,(H2,25,26,31). The first-order valence-electron chi connectivity index (χ1n) is 10.4. The number of hydrogen-bond donors (Lipinski definition) is 2. The summed E-state index contributed by atoms with van der Waals surface area (Å²) >= 11 is 5.42. The smallest absolute Gasteiger partial charge is 0.180 e. The van der Waals surface area contributed by atoms with Crippen molar-refractivity contribution in [3.05, 3.63) is 78.6 Å². The van der Waals surface area contributed by atoms with Gasteiger partial charge in [-0.2, -0.15) is 0 Å². The third-order valence-electron chi connectivity index (χ3n) is 5.46. The maximum Gasteiger partial charge on any atom is 0.180 e. The fourth-order valence-corrected chi connectivity index (χ4v) is 4.11. The Morgan fingerprint density at radius 2 is 1.61 bits per heavy atom. The molecule has 2 aromatic heterocycles. The van der Waals surface area contributed by atoms with Gasteiger partial charge in [0, 0.05) is 42.3 Å². The molecular formula is C24H23N5OS. The van der Waals surface area contributed by atoms with Crippen LogP contribution in [0.2, 0.25) is 0 Å². The minimum Gasteiger partial charge on any atom is -0.381 e. The highest BCUT2D eigenvalue weighted by Crippen LogP contribution is 2.30. The highest BCUT2D eigenvalue weighted by Gasteiger charge is 2.21. The van der Waals surface area contributed by atoms with Crippen LogP contribution in [0.5, 0.6) is 0 Å². The van der Waals surface area contributed by atoms with Crippen LogP contribution in [0.4, 0.5) is 11.4 Å². The number of nitrogens with zero attached hydrogens (tertiary/aromatic N) is 3. The van der Waals surface area contributed by atoms with E-state index in [1.165, 1.54) is 0 Å². The van der Waals surface area contributed by atoms with Crippen molar-refractivity contribution in [2.24, 2.45) is 0 Å². The van der Waals surface area contributed by atoms with E-state index < -0.39 is 0 Å². The molecule has 1 aliphatic heterocycles. The van der Waals surface area contributed by atoms with Crippen molar-refractivity contribution >= 4 is 34.2 Å². The van der Waals surface area contributed by atoms with Gasteiger partial charge >= 0.3 is 0 Å². The van der Waals surface area contributed by atoms with Gasteiger partial charge < -0.3 is 15.4 Å². The Bertz CT molecular complexity index is 1180. The number of fused-ring (bicyclic) bond motifs is 1. The molecule has 0 saturated carbocycles. The number of para-hydroxylation sites is 1. The Kier molecular flexibility index (Phi) is 5.60. The van der Waals surface area contributed by atoms with E-state index in [1.807, 2.05) is 71.4 Å². The van der Waals surface area contributed by atoms with E-state index in [-0.39, 0.29) is 0 Å². The average Bonchev–Trinajstić information content (AvgIpc) is 3.29. The summed E-state index contributed by atoms with van der Waals surface area (Å²) in [5.41, 5.74) is 5.01. The molecule has 0 atom stereocenters. The normalized spacial score (nSPS) is 14.5. The van der Waals surface area contributed by atoms with Crippen LogP contribution in [-0.2, 0) is 4.74 Å². The van der Waals surface area contributed by atoms with E-state index >= 15 is 0 Å². The molecule has 1 saturated heterocycles. The van der Waals surface area contributed by atoms with Crippen molar-refractivity contribution in [1.82, 2.24) is 14.6 Å². The highest BCUT2D eigenvalue weighted by atomic mass is 32.1. The molecule has 31 heavy (non-hydrogen) atoms. The lowest BCUT2D eigenvalue weighted by molar-refractivity contribution is 0.0847. The fourth-order valence-electron chi connectivity index (χ4n) is 3.87. The predicted octanol–water partition coefficient (Wildman–Crippen LogP) is 5.10. The SMILES string of the molecule is S=C(Nc1ccccc1)Nc1ccc(-c2nc(C3CCOCC3)c3cccn3n2)cc1. The molecule has 0 unspecified atom stereocenters. The molecule has 2 N–H and O–H groups in total. The van der Waals surface area contributed by atoms with Crippen LogP contribution in [0.1, 0.15) is 24.5 Å². The van der Waals surface area contributed by atoms with E-state index in [9.17, 15) is 0 Å². The zero-order valence-electron chi connectivity index (χ0n) is 17.0. The van der Waals surface area contributed by atoms with Crippen LogP contribution in [0.25, 0.3) is 16.9 Å². The third kappa shape index (κ3) is 4.42. The number of rotatable bonds is 4. The van der Waals surface area contributed by atoms with E-state index in [0.29, 0.717) is 11.0 Å². The molecule has 156 valence electrons. The zero-order chi connectivity index (χ0) is 21.0. The van der Waals surface area contributed by atoms with Crippen molar-refractivity contribution in [1.29, 1.82) is 0 Å². The van der Waals surface area contributed by atoms with Crippen LogP contribution in [-0.4, -0.2) is 32.9 Å². The minimum atomic E-state index is 0.398. The summed E-state index contributed by atoms with van der Waals surface area (Å²) in [6, 6.07) is 22.0. The van der Waals surface area contributed by atoms with Crippen LogP contribution < -0.4 is 10.6 Å². The van der Waals surface area contributed by atoms with Gasteiger partial charge in [-0.05, 0) is 73.6 Å². The Balaban J connectivity index is 1.36. The number of thiocarbonyl (C=S) groups is 1. The van der Waals surface area contributed by atoms with Crippen LogP contribution in [0.3, 0.4) is 0 Å². The number of hydrogen-bond acceptors (Lipinski definition) is 4. The van der Waals surface area contributed by atoms with Gasteiger partial charge in [-0.1, -0.05) is 18.2 Å². The van der Waals surface area contributed by atoms with Gasteiger partial charge in [0.05, 0.1) is 11.2 Å². The summed E-state index contributed by atoms with van der Waals surface area (Å²) in [7, 11) is 0. The van der Waals surface area contributed by atoms with Crippen LogP contribution in [0.15, 0.2) is 72.9 Å². The van der Waals surface area contributed by atoms with Gasteiger partial charge in [0.2, 0.25) is 0 Å². The van der Waals surface area contributed by atoms with Gasteiger partial charge in [-0.3, -0.25) is 0 Å². The Labute approximate surface area is 186 Å². The molecule has 7 heteroatoms. The largest absolute Gasteiger partial charge is 0.381 e. The number of anilines is 2. The molecule has 4 aromatic rings. The van der Waals surface area contributed by atoms with Crippen LogP contribution >= 0.6 is 12.2 Å². The van der Waals surface area contributed by atoms with Crippen molar-refractivity contribution < 1.29 is 4.74 Å². The number of ether oxygens (including phenoxy) is 1. The summed E-state index contributed by atoms with van der Waals surface area (Å²) in [5.74, 6) is 1.12. The molecule has 0 spiro atoms. The molecule has 0 aliphatic carbocycles. The van der Waals surface area contributed by atoms with E-state index in [2.05, 4.69) is 16.7 Å². The number of benzene rings is 2. The summed E-state index contributed by atoms with van der Waals surface area (Å²) in [5, 5.41) is 11.7. The van der Waals surface area contributed by atoms with Gasteiger partial charge in [0.15, 0.2) is 10.9 Å². The summed E-state index contributed by atoms with van der Waals surface area (Å²) < 4.78 is 7.47. The average molecular weight is 430 g/mol. The van der Waals surface area contributed by atoms with Gasteiger partial charge in [0.1, 0.15) is 0 Å². The maximum absolute atomic E-state index is 5.54. The first-order valence-corrected chi connectivity index (χ1v) is 10.8. The van der Waals surface area contributed by atoms with Gasteiger partial charge in [-0.25, -0.2) is 9.50 Å². The monoisotopic (exact) mass is 429 g/mol. The zero-order valence-corrected chi connectivity index (χ0v) is 17.8. The third-order valence-corrected chi connectivity index (χ3v) is 5.66. The molecular weight excluding hydrogens is 406 g/mol. The topological polar surface area (TPSA) is 63.5 Å². The molecule has 2 aromatic carbocycles. The minimum absolute atomic E-state index is 0.398. The summed E-state index contributed by atoms with van der Waals surface area (Å²) in [4.78, 5) is 4.97. The summed E-state index contributed by atoms with van der Waals surface area (Å²) in [6.45, 7) is 1.57. The second-order valence-corrected chi connectivity index (χ2v) is 7.98. The maximum atomic E-state index is 5.54. The quantitative estimate of drug-likeness (QED) is 0.440. The number of nitrogens with one attached hydrogen (secondary N) is 2. The van der Waals surface area contributed by atoms with Crippen molar-refractivity contribution in [2.45, 2.75) is 18.8 Å². The lowest BCUT2D eigenvalue weighted by Crippen LogP contribution is -2.18. The van der Waals surface area contributed by atoms with Crippen molar-refractivity contribution in [2.75, 3.05) is 23.8 Å². The predicted molar refractivity (Wildman–Crippen MR) is 128 cm³/mol. The molecule has 1 aliphatic rings. The molecule has 0 amide bonds. The fraction of sp³-hybridized carbons (Fsp3) is 0.208. The molecule has 1 fully saturated rings. The Hall–Kier alpha value is -3.29. The highest BCUT2D eigenvalue weighted by molar-refractivity contribution is 7.80. The molecule has 5 rings (SSSR count). The van der Waals surface area contributed by atoms with E-state index in [0.717, 1.165) is 60.0 Å². The Morgan fingerprint density at radius 1 is 0.903 bits per heavy atom. The molecule has 0 radical (unpaired) electrons. The van der Waals surface area contributed by atoms with Gasteiger partial charge in [-0.15, -0.1) is 5.10 Å². The van der Waals surface area contributed by atoms with E-state index in [4.69, 9.17) is 27.0 Å². The molecule has 3 heterocycles. The molecule has 0 bridgehead atoms. The Morgan fingerprint density at radius 3 is 2.35 bits per heavy atom. The lowest BCUT2D eigenvalue weighted by atomic mass is 9.95. The van der Waals surface area contributed by atoms with E-state index in [1.54, 1.807) is 0 Å². The summed E-state index contributed by atoms with van der Waals surface area (Å²) in [6.07, 6.45) is 3.96. The lowest BCUT2D eigenvalue weighted by Gasteiger charge is -2.22. The van der Waals surface area contributed by atoms with Crippen LogP contribution in [0, 0.1) is 0 Å². The second kappa shape index (κ2) is 8.83. The first-order chi connectivity index (χ1) is 15.3. The van der Waals surface area contributed by atoms with Crippen molar-refractivity contribution in [3.63, 3.8) is 0 Å². The van der Waals surface area contributed by atoms with Crippen molar-refractivity contribution in [3.8, 4) is 11.4 Å².